The highest BCUT2D eigenvalue weighted by atomic mass is 19.3. The molecule has 3 heterocycles. The number of alkyl carbamates (subject to hydrolysis) is 1. The number of imidazole rings is 1. The van der Waals surface area contributed by atoms with Gasteiger partial charge in [-0.1, -0.05) is 25.5 Å². The van der Waals surface area contributed by atoms with Gasteiger partial charge in [-0.3, -0.25) is 4.57 Å². The lowest BCUT2D eigenvalue weighted by molar-refractivity contribution is 0.122. The highest BCUT2D eigenvalue weighted by Gasteiger charge is 2.26. The molecule has 0 radical (unpaired) electrons. The van der Waals surface area contributed by atoms with E-state index >= 15 is 0 Å². The van der Waals surface area contributed by atoms with Crippen molar-refractivity contribution in [2.45, 2.75) is 64.8 Å². The molecule has 3 aromatic rings. The highest BCUT2D eigenvalue weighted by molar-refractivity contribution is 5.81. The lowest BCUT2D eigenvalue weighted by atomic mass is 9.86. The number of para-hydroxylation sites is 1. The number of aryl methyl sites for hydroxylation is 1. The predicted octanol–water partition coefficient (Wildman–Crippen LogP) is 5.40. The molecule has 2 aliphatic rings. The number of benzene rings is 1. The van der Waals surface area contributed by atoms with Crippen LogP contribution in [0, 0.1) is 12.8 Å². The lowest BCUT2D eigenvalue weighted by Gasteiger charge is -2.30. The van der Waals surface area contributed by atoms with E-state index in [-0.39, 0.29) is 18.0 Å². The predicted molar refractivity (Wildman–Crippen MR) is 153 cm³/mol. The molecule has 1 aliphatic heterocycles. The first kappa shape index (κ1) is 29.0. The van der Waals surface area contributed by atoms with Crippen LogP contribution in [0.2, 0.25) is 0 Å². The normalized spacial score (nSPS) is 19.5. The second-order valence-corrected chi connectivity index (χ2v) is 10.8. The Bertz CT molecular complexity index is 1320. The van der Waals surface area contributed by atoms with Crippen molar-refractivity contribution >= 4 is 28.9 Å². The SMILES string of the molecule is CCCCOC(=O)N[C@H]1CC[C@H](CNc2nc(N3CCOCC3)cc(-n3c(C(F)F)nc4c(C)cccc43)n2)CC1. The van der Waals surface area contributed by atoms with Gasteiger partial charge in [0.05, 0.1) is 30.9 Å². The Kier molecular flexibility index (Phi) is 9.48. The average Bonchev–Trinajstić information content (AvgIpc) is 3.39. The largest absolute Gasteiger partial charge is 0.450 e. The summed E-state index contributed by atoms with van der Waals surface area (Å²) in [6, 6.07) is 7.35. The Morgan fingerprint density at radius 2 is 1.88 bits per heavy atom. The maximum atomic E-state index is 14.2. The number of rotatable bonds is 10. The Morgan fingerprint density at radius 1 is 1.12 bits per heavy atom. The van der Waals surface area contributed by atoms with Crippen LogP contribution in [-0.4, -0.2) is 71.1 Å². The van der Waals surface area contributed by atoms with Gasteiger partial charge in [-0.05, 0) is 56.6 Å². The number of anilines is 2. The fourth-order valence-corrected chi connectivity index (χ4v) is 5.48. The van der Waals surface area contributed by atoms with E-state index in [0.717, 1.165) is 44.1 Å². The third-order valence-electron chi connectivity index (χ3n) is 7.82. The molecule has 1 saturated carbocycles. The Hall–Kier alpha value is -3.54. The summed E-state index contributed by atoms with van der Waals surface area (Å²) < 4.78 is 40.6. The molecule has 222 valence electrons. The zero-order valence-electron chi connectivity index (χ0n) is 23.7. The monoisotopic (exact) mass is 571 g/mol. The maximum Gasteiger partial charge on any atom is 0.407 e. The van der Waals surface area contributed by atoms with Gasteiger partial charge in [0.15, 0.2) is 5.82 Å². The van der Waals surface area contributed by atoms with Crippen LogP contribution in [0.3, 0.4) is 0 Å². The van der Waals surface area contributed by atoms with Gasteiger partial charge in [-0.25, -0.2) is 18.6 Å². The number of nitrogens with one attached hydrogen (secondary N) is 2. The molecule has 2 fully saturated rings. The number of halogens is 2. The number of carbonyl (C=O) groups excluding carboxylic acids is 1. The molecule has 1 aliphatic carbocycles. The average molecular weight is 572 g/mol. The summed E-state index contributed by atoms with van der Waals surface area (Å²) in [6.45, 7) is 7.45. The molecule has 41 heavy (non-hydrogen) atoms. The molecular weight excluding hydrogens is 532 g/mol. The number of nitrogens with zero attached hydrogens (tertiary/aromatic N) is 5. The molecule has 0 atom stereocenters. The minimum absolute atomic E-state index is 0.110. The minimum atomic E-state index is -2.77. The topological polar surface area (TPSA) is 106 Å². The van der Waals surface area contributed by atoms with E-state index in [0.29, 0.717) is 74.0 Å². The van der Waals surface area contributed by atoms with Crippen molar-refractivity contribution in [3.63, 3.8) is 0 Å². The van der Waals surface area contributed by atoms with Crippen LogP contribution < -0.4 is 15.5 Å². The number of aromatic nitrogens is 4. The summed E-state index contributed by atoms with van der Waals surface area (Å²) in [5, 5.41) is 6.36. The number of fused-ring (bicyclic) bond motifs is 1. The van der Waals surface area contributed by atoms with Crippen molar-refractivity contribution < 1.29 is 23.0 Å². The van der Waals surface area contributed by atoms with Crippen molar-refractivity contribution in [2.75, 3.05) is 49.7 Å². The van der Waals surface area contributed by atoms with Crippen molar-refractivity contribution in [2.24, 2.45) is 5.92 Å². The van der Waals surface area contributed by atoms with Gasteiger partial charge in [0, 0.05) is 31.7 Å². The van der Waals surface area contributed by atoms with Gasteiger partial charge in [-0.15, -0.1) is 0 Å². The number of morpholine rings is 1. The molecule has 1 aromatic carbocycles. The van der Waals surface area contributed by atoms with Crippen LogP contribution >= 0.6 is 0 Å². The molecule has 1 amide bonds. The first-order valence-electron chi connectivity index (χ1n) is 14.6. The number of carbonyl (C=O) groups is 1. The van der Waals surface area contributed by atoms with Gasteiger partial charge in [0.2, 0.25) is 5.95 Å². The number of unbranched alkanes of at least 4 members (excludes halogenated alkanes) is 1. The molecule has 0 bridgehead atoms. The number of alkyl halides is 2. The van der Waals surface area contributed by atoms with E-state index in [1.54, 1.807) is 12.1 Å². The molecule has 5 rings (SSSR count). The smallest absolute Gasteiger partial charge is 0.407 e. The quantitative estimate of drug-likeness (QED) is 0.312. The van der Waals surface area contributed by atoms with Gasteiger partial charge in [-0.2, -0.15) is 9.97 Å². The van der Waals surface area contributed by atoms with E-state index in [1.807, 2.05) is 19.1 Å². The van der Waals surface area contributed by atoms with Crippen molar-refractivity contribution in [3.05, 3.63) is 35.7 Å². The Labute approximate surface area is 238 Å². The zero-order valence-corrected chi connectivity index (χ0v) is 23.7. The minimum Gasteiger partial charge on any atom is -0.450 e. The van der Waals surface area contributed by atoms with E-state index in [4.69, 9.17) is 19.4 Å². The van der Waals surface area contributed by atoms with Gasteiger partial charge in [0.25, 0.3) is 6.43 Å². The first-order chi connectivity index (χ1) is 19.9. The van der Waals surface area contributed by atoms with E-state index in [1.165, 1.54) is 4.57 Å². The summed E-state index contributed by atoms with van der Waals surface area (Å²) in [7, 11) is 0. The standard InChI is InChI=1S/C29H39F2N7O3/c1-3-4-14-41-29(39)33-21-10-8-20(9-11-21)18-32-28-34-23(37-12-15-40-16-13-37)17-24(35-28)38-22-7-5-6-19(2)25(22)36-27(38)26(30)31/h5-7,17,20-21,26H,3-4,8-16,18H2,1-2H3,(H,33,39)(H,32,34,35)/t20-,21-. The summed E-state index contributed by atoms with van der Waals surface area (Å²) in [5.74, 6) is 1.42. The summed E-state index contributed by atoms with van der Waals surface area (Å²) in [4.78, 5) is 27.9. The summed E-state index contributed by atoms with van der Waals surface area (Å²) in [5.41, 5.74) is 1.93. The zero-order chi connectivity index (χ0) is 28.8. The number of amides is 1. The van der Waals surface area contributed by atoms with Crippen molar-refractivity contribution in [1.29, 1.82) is 0 Å². The summed E-state index contributed by atoms with van der Waals surface area (Å²) in [6.07, 6.45) is 2.34. The Balaban J connectivity index is 1.33. The third-order valence-corrected chi connectivity index (χ3v) is 7.82. The van der Waals surface area contributed by atoms with Gasteiger partial charge in [0.1, 0.15) is 11.6 Å². The van der Waals surface area contributed by atoms with Crippen molar-refractivity contribution in [1.82, 2.24) is 24.8 Å². The van der Waals surface area contributed by atoms with E-state index < -0.39 is 6.43 Å². The van der Waals surface area contributed by atoms with Gasteiger partial charge < -0.3 is 25.0 Å². The molecule has 2 aromatic heterocycles. The van der Waals surface area contributed by atoms with Crippen LogP contribution in [0.1, 0.15) is 63.3 Å². The number of ether oxygens (including phenoxy) is 2. The first-order valence-corrected chi connectivity index (χ1v) is 14.6. The molecular formula is C29H39F2N7O3. The van der Waals surface area contributed by atoms with Gasteiger partial charge >= 0.3 is 6.09 Å². The molecule has 0 unspecified atom stereocenters. The van der Waals surface area contributed by atoms with E-state index in [9.17, 15) is 13.6 Å². The van der Waals surface area contributed by atoms with Crippen LogP contribution in [0.15, 0.2) is 24.3 Å². The van der Waals surface area contributed by atoms with E-state index in [2.05, 4.69) is 27.4 Å². The third kappa shape index (κ3) is 7.03. The fraction of sp³-hybridized carbons (Fsp3) is 0.586. The number of hydrogen-bond donors (Lipinski definition) is 2. The van der Waals surface area contributed by atoms with Crippen molar-refractivity contribution in [3.8, 4) is 5.82 Å². The molecule has 0 spiro atoms. The second kappa shape index (κ2) is 13.4. The molecule has 2 N–H and O–H groups in total. The maximum absolute atomic E-state index is 14.2. The summed E-state index contributed by atoms with van der Waals surface area (Å²) >= 11 is 0. The lowest BCUT2D eigenvalue weighted by Crippen LogP contribution is -2.39. The second-order valence-electron chi connectivity index (χ2n) is 10.8. The molecule has 1 saturated heterocycles. The van der Waals surface area contributed by atoms with Crippen LogP contribution in [0.5, 0.6) is 0 Å². The fourth-order valence-electron chi connectivity index (χ4n) is 5.48. The van der Waals surface area contributed by atoms with Crippen LogP contribution in [0.4, 0.5) is 25.3 Å². The Morgan fingerprint density at radius 3 is 2.61 bits per heavy atom. The molecule has 10 nitrogen and oxygen atoms in total. The highest BCUT2D eigenvalue weighted by Crippen LogP contribution is 2.31. The van der Waals surface area contributed by atoms with Crippen LogP contribution in [0.25, 0.3) is 16.9 Å². The molecule has 12 heteroatoms. The number of hydrogen-bond acceptors (Lipinski definition) is 8. The van der Waals surface area contributed by atoms with Crippen LogP contribution in [-0.2, 0) is 9.47 Å².